The molecule has 1 rings (SSSR count). The second-order valence-corrected chi connectivity index (χ2v) is 4.47. The normalized spacial score (nSPS) is 17.8. The van der Waals surface area contributed by atoms with E-state index in [0.29, 0.717) is 0 Å². The molecule has 0 spiro atoms. The molecule has 0 aliphatic heterocycles. The topological polar surface area (TPSA) is 43.1 Å². The van der Waals surface area contributed by atoms with Crippen molar-refractivity contribution in [1.82, 2.24) is 0 Å². The monoisotopic (exact) mass is 185 g/mol. The van der Waals surface area contributed by atoms with Gasteiger partial charge in [-0.05, 0) is 18.8 Å². The lowest BCUT2D eigenvalue weighted by molar-refractivity contribution is -0.122. The van der Waals surface area contributed by atoms with Crippen molar-refractivity contribution in [2.75, 3.05) is 0 Å². The van der Waals surface area contributed by atoms with Crippen molar-refractivity contribution < 1.29 is 4.79 Å². The summed E-state index contributed by atoms with van der Waals surface area (Å²) in [6, 6.07) is 0. The predicted molar refractivity (Wildman–Crippen MR) is 56.3 cm³/mol. The van der Waals surface area contributed by atoms with Gasteiger partial charge in [-0.25, -0.2) is 0 Å². The summed E-state index contributed by atoms with van der Waals surface area (Å²) in [6.07, 6.45) is 5.70. The van der Waals surface area contributed by atoms with Gasteiger partial charge in [0.2, 0.25) is 5.91 Å². The molecule has 1 fully saturated rings. The van der Waals surface area contributed by atoms with E-state index in [4.69, 9.17) is 5.73 Å². The van der Waals surface area contributed by atoms with Gasteiger partial charge in [0.15, 0.2) is 0 Å². The highest BCUT2D eigenvalue weighted by atomic mass is 16.1. The molecule has 13 heavy (non-hydrogen) atoms. The molecule has 0 aromatic rings. The van der Waals surface area contributed by atoms with E-state index < -0.39 is 0 Å². The molecule has 1 amide bonds. The van der Waals surface area contributed by atoms with E-state index in [1.807, 2.05) is 0 Å². The lowest BCUT2D eigenvalue weighted by Crippen LogP contribution is -2.24. The van der Waals surface area contributed by atoms with Crippen LogP contribution < -0.4 is 5.73 Å². The summed E-state index contributed by atoms with van der Waals surface area (Å²) >= 11 is 0. The van der Waals surface area contributed by atoms with Gasteiger partial charge < -0.3 is 5.73 Å². The molecule has 0 atom stereocenters. The van der Waals surface area contributed by atoms with E-state index >= 15 is 0 Å². The van der Waals surface area contributed by atoms with Crippen LogP contribution in [0.25, 0.3) is 0 Å². The summed E-state index contributed by atoms with van der Waals surface area (Å²) in [5, 5.41) is 0. The zero-order valence-corrected chi connectivity index (χ0v) is 9.18. The van der Waals surface area contributed by atoms with Crippen molar-refractivity contribution in [1.29, 1.82) is 0 Å². The van der Waals surface area contributed by atoms with Crippen LogP contribution in [-0.2, 0) is 4.79 Å². The first-order chi connectivity index (χ1) is 6.04. The molecule has 2 heteroatoms. The third kappa shape index (κ3) is 7.82. The van der Waals surface area contributed by atoms with Crippen LogP contribution in [0.3, 0.4) is 0 Å². The average Bonchev–Trinajstić information content (AvgIpc) is 2.05. The van der Waals surface area contributed by atoms with Crippen LogP contribution in [-0.4, -0.2) is 5.91 Å². The van der Waals surface area contributed by atoms with E-state index in [1.54, 1.807) is 0 Å². The van der Waals surface area contributed by atoms with E-state index in [0.717, 1.165) is 18.8 Å². The van der Waals surface area contributed by atoms with Crippen molar-refractivity contribution in [2.24, 2.45) is 17.6 Å². The number of carbonyl (C=O) groups excluding carboxylic acids is 1. The summed E-state index contributed by atoms with van der Waals surface area (Å²) in [5.74, 6) is 0.924. The van der Waals surface area contributed by atoms with Crippen molar-refractivity contribution in [2.45, 2.75) is 52.9 Å². The van der Waals surface area contributed by atoms with Crippen molar-refractivity contribution in [3.05, 3.63) is 0 Å². The zero-order chi connectivity index (χ0) is 10.3. The number of hydrogen-bond donors (Lipinski definition) is 1. The van der Waals surface area contributed by atoms with E-state index in [9.17, 15) is 4.79 Å². The van der Waals surface area contributed by atoms with Crippen LogP contribution in [0, 0.1) is 11.8 Å². The van der Waals surface area contributed by atoms with Gasteiger partial charge in [0, 0.05) is 5.92 Å². The molecule has 0 aromatic carbocycles. The van der Waals surface area contributed by atoms with E-state index in [1.165, 1.54) is 19.3 Å². The maximum Gasteiger partial charge on any atom is 0.220 e. The molecule has 0 bridgehead atoms. The summed E-state index contributed by atoms with van der Waals surface area (Å²) < 4.78 is 0. The molecule has 2 nitrogen and oxygen atoms in total. The summed E-state index contributed by atoms with van der Waals surface area (Å²) in [7, 11) is 0. The molecule has 2 N–H and O–H groups in total. The Labute approximate surface area is 81.9 Å². The minimum absolute atomic E-state index is 0.102. The fourth-order valence-electron chi connectivity index (χ4n) is 1.39. The number of carbonyl (C=O) groups is 1. The fourth-order valence-corrected chi connectivity index (χ4v) is 1.39. The molecule has 78 valence electrons. The SMILES string of the molecule is CC(C)C.NC(=O)C1CCCCC1. The number of amides is 1. The first-order valence-corrected chi connectivity index (χ1v) is 5.33. The van der Waals surface area contributed by atoms with Gasteiger partial charge in [-0.1, -0.05) is 40.0 Å². The highest BCUT2D eigenvalue weighted by molar-refractivity contribution is 5.76. The molecule has 0 unspecified atom stereocenters. The third-order valence-corrected chi connectivity index (χ3v) is 2.01. The second-order valence-electron chi connectivity index (χ2n) is 4.47. The maximum atomic E-state index is 10.6. The van der Waals surface area contributed by atoms with Gasteiger partial charge >= 0.3 is 0 Å². The van der Waals surface area contributed by atoms with Crippen molar-refractivity contribution in [3.63, 3.8) is 0 Å². The Morgan fingerprint density at radius 2 is 1.54 bits per heavy atom. The molecular weight excluding hydrogens is 162 g/mol. The van der Waals surface area contributed by atoms with Crippen LogP contribution in [0.5, 0.6) is 0 Å². The largest absolute Gasteiger partial charge is 0.369 e. The third-order valence-electron chi connectivity index (χ3n) is 2.01. The highest BCUT2D eigenvalue weighted by Crippen LogP contribution is 2.22. The zero-order valence-electron chi connectivity index (χ0n) is 9.18. The maximum absolute atomic E-state index is 10.6. The van der Waals surface area contributed by atoms with Gasteiger partial charge in [-0.15, -0.1) is 0 Å². The molecular formula is C11H23NO. The Morgan fingerprint density at radius 3 is 1.77 bits per heavy atom. The second kappa shape index (κ2) is 6.93. The molecule has 1 aliphatic carbocycles. The molecule has 1 aliphatic rings. The fraction of sp³-hybridized carbons (Fsp3) is 0.909. The van der Waals surface area contributed by atoms with Gasteiger partial charge in [-0.2, -0.15) is 0 Å². The standard InChI is InChI=1S/C7H13NO.C4H10/c8-7(9)6-4-2-1-3-5-6;1-4(2)3/h6H,1-5H2,(H2,8,9);4H,1-3H3. The molecule has 1 saturated carbocycles. The molecule has 0 aromatic heterocycles. The van der Waals surface area contributed by atoms with Crippen LogP contribution >= 0.6 is 0 Å². The van der Waals surface area contributed by atoms with Gasteiger partial charge in [0.05, 0.1) is 0 Å². The van der Waals surface area contributed by atoms with Gasteiger partial charge in [0.25, 0.3) is 0 Å². The minimum Gasteiger partial charge on any atom is -0.369 e. The Kier molecular flexibility index (Phi) is 6.65. The van der Waals surface area contributed by atoms with Crippen LogP contribution in [0.2, 0.25) is 0 Å². The quantitative estimate of drug-likeness (QED) is 0.670. The number of primary amides is 1. The average molecular weight is 185 g/mol. The van der Waals surface area contributed by atoms with Crippen molar-refractivity contribution >= 4 is 5.91 Å². The molecule has 0 saturated heterocycles. The number of rotatable bonds is 1. The minimum atomic E-state index is -0.102. The molecule has 0 radical (unpaired) electrons. The van der Waals surface area contributed by atoms with Crippen LogP contribution in [0.4, 0.5) is 0 Å². The summed E-state index contributed by atoms with van der Waals surface area (Å²) in [6.45, 7) is 6.50. The lowest BCUT2D eigenvalue weighted by atomic mass is 9.89. The Hall–Kier alpha value is -0.530. The first-order valence-electron chi connectivity index (χ1n) is 5.33. The summed E-state index contributed by atoms with van der Waals surface area (Å²) in [5.41, 5.74) is 5.13. The number of hydrogen-bond acceptors (Lipinski definition) is 1. The van der Waals surface area contributed by atoms with Crippen LogP contribution in [0.1, 0.15) is 52.9 Å². The van der Waals surface area contributed by atoms with Crippen LogP contribution in [0.15, 0.2) is 0 Å². The first kappa shape index (κ1) is 12.5. The summed E-state index contributed by atoms with van der Waals surface area (Å²) in [4.78, 5) is 10.6. The van der Waals surface area contributed by atoms with E-state index in [2.05, 4.69) is 20.8 Å². The van der Waals surface area contributed by atoms with Gasteiger partial charge in [0.1, 0.15) is 0 Å². The molecule has 0 heterocycles. The smallest absolute Gasteiger partial charge is 0.220 e. The predicted octanol–water partition coefficient (Wildman–Crippen LogP) is 2.71. The van der Waals surface area contributed by atoms with Gasteiger partial charge in [-0.3, -0.25) is 4.79 Å². The number of nitrogens with two attached hydrogens (primary N) is 1. The Bertz CT molecular complexity index is 134. The Balaban J connectivity index is 0.000000310. The van der Waals surface area contributed by atoms with Crippen molar-refractivity contribution in [3.8, 4) is 0 Å². The Morgan fingerprint density at radius 1 is 1.15 bits per heavy atom. The highest BCUT2D eigenvalue weighted by Gasteiger charge is 2.17. The lowest BCUT2D eigenvalue weighted by Gasteiger charge is -2.17. The van der Waals surface area contributed by atoms with E-state index in [-0.39, 0.29) is 11.8 Å².